The van der Waals surface area contributed by atoms with E-state index in [1.165, 1.54) is 18.2 Å². The zero-order valence-corrected chi connectivity index (χ0v) is 12.2. The molecule has 0 fully saturated rings. The predicted octanol–water partition coefficient (Wildman–Crippen LogP) is 4.40. The Morgan fingerprint density at radius 2 is 1.86 bits per heavy atom. The molecule has 0 aromatic heterocycles. The number of benzene rings is 2. The van der Waals surface area contributed by atoms with Crippen molar-refractivity contribution in [1.29, 1.82) is 0 Å². The average molecular weight is 324 g/mol. The van der Waals surface area contributed by atoms with Crippen molar-refractivity contribution in [3.63, 3.8) is 0 Å². The summed E-state index contributed by atoms with van der Waals surface area (Å²) in [5, 5.41) is 2.47. The number of amides is 2. The number of carbonyl (C=O) groups is 1. The molecular weight excluding hydrogens is 313 g/mol. The molecule has 0 radical (unpaired) electrons. The van der Waals surface area contributed by atoms with Crippen LogP contribution in [0.2, 0.25) is 0 Å². The molecule has 1 unspecified atom stereocenters. The summed E-state index contributed by atoms with van der Waals surface area (Å²) in [6.07, 6.45) is 0. The van der Waals surface area contributed by atoms with Crippen LogP contribution in [0.25, 0.3) is 0 Å². The van der Waals surface area contributed by atoms with E-state index in [2.05, 4.69) is 10.0 Å². The van der Waals surface area contributed by atoms with Gasteiger partial charge >= 0.3 is 6.03 Å². The van der Waals surface area contributed by atoms with E-state index in [0.717, 1.165) is 18.0 Å². The molecule has 0 saturated heterocycles. The van der Waals surface area contributed by atoms with Crippen LogP contribution in [0, 0.1) is 17.5 Å². The lowest BCUT2D eigenvalue weighted by atomic mass is 9.90. The summed E-state index contributed by atoms with van der Waals surface area (Å²) in [4.78, 5) is 11.8. The number of fused-ring (bicyclic) bond motifs is 1. The van der Waals surface area contributed by atoms with Crippen molar-refractivity contribution >= 4 is 23.7 Å². The second-order valence-corrected chi connectivity index (χ2v) is 5.71. The van der Waals surface area contributed by atoms with E-state index in [4.69, 9.17) is 0 Å². The quantitative estimate of drug-likeness (QED) is 0.804. The van der Waals surface area contributed by atoms with Crippen LogP contribution in [0.3, 0.4) is 0 Å². The van der Waals surface area contributed by atoms with E-state index in [1.54, 1.807) is 13.0 Å². The molecule has 3 rings (SSSR count). The third-order valence-electron chi connectivity index (χ3n) is 3.52. The summed E-state index contributed by atoms with van der Waals surface area (Å²) in [6.45, 7) is 1.56. The second-order valence-electron chi connectivity index (χ2n) is 4.86. The summed E-state index contributed by atoms with van der Waals surface area (Å²) >= 11 is 0.888. The number of hydrogen-bond donors (Lipinski definition) is 2. The van der Waals surface area contributed by atoms with Crippen molar-refractivity contribution in [3.05, 3.63) is 58.9 Å². The van der Waals surface area contributed by atoms with Crippen molar-refractivity contribution in [2.45, 2.75) is 17.7 Å². The van der Waals surface area contributed by atoms with E-state index in [9.17, 15) is 18.0 Å². The highest BCUT2D eigenvalue weighted by Gasteiger charge is 2.28. The number of nitrogens with one attached hydrogen (secondary N) is 2. The first-order chi connectivity index (χ1) is 10.5. The van der Waals surface area contributed by atoms with Gasteiger partial charge in [0.2, 0.25) is 0 Å². The van der Waals surface area contributed by atoms with Crippen molar-refractivity contribution in [2.24, 2.45) is 0 Å². The van der Waals surface area contributed by atoms with Gasteiger partial charge in [-0.2, -0.15) is 0 Å². The minimum Gasteiger partial charge on any atom is -0.306 e. The molecule has 1 atom stereocenters. The highest BCUT2D eigenvalue weighted by atomic mass is 32.2. The van der Waals surface area contributed by atoms with E-state index in [0.29, 0.717) is 4.90 Å². The first kappa shape index (κ1) is 14.8. The first-order valence-electron chi connectivity index (χ1n) is 6.49. The van der Waals surface area contributed by atoms with Gasteiger partial charge in [0.1, 0.15) is 5.82 Å². The van der Waals surface area contributed by atoms with Crippen LogP contribution in [0.1, 0.15) is 24.0 Å². The van der Waals surface area contributed by atoms with Crippen LogP contribution in [0.5, 0.6) is 0 Å². The van der Waals surface area contributed by atoms with Crippen molar-refractivity contribution in [3.8, 4) is 0 Å². The van der Waals surface area contributed by atoms with Crippen LogP contribution >= 0.6 is 11.9 Å². The maximum Gasteiger partial charge on any atom is 0.329 e. The Labute approximate surface area is 129 Å². The molecule has 114 valence electrons. The first-order valence-corrected chi connectivity index (χ1v) is 7.31. The molecule has 0 spiro atoms. The summed E-state index contributed by atoms with van der Waals surface area (Å²) < 4.78 is 44.5. The Kier molecular flexibility index (Phi) is 3.74. The summed E-state index contributed by atoms with van der Waals surface area (Å²) in [6, 6.07) is 6.36. The molecule has 3 nitrogen and oxygen atoms in total. The third-order valence-corrected chi connectivity index (χ3v) is 4.35. The van der Waals surface area contributed by atoms with Gasteiger partial charge in [0.05, 0.1) is 10.6 Å². The second kappa shape index (κ2) is 5.57. The van der Waals surface area contributed by atoms with E-state index in [1.807, 2.05) is 0 Å². The molecule has 0 aliphatic carbocycles. The molecule has 2 amide bonds. The minimum absolute atomic E-state index is 0.0672. The van der Waals surface area contributed by atoms with E-state index >= 15 is 0 Å². The monoisotopic (exact) mass is 324 g/mol. The highest BCUT2D eigenvalue weighted by molar-refractivity contribution is 7.98. The zero-order valence-electron chi connectivity index (χ0n) is 11.4. The molecule has 1 aliphatic rings. The van der Waals surface area contributed by atoms with Gasteiger partial charge in [0.25, 0.3) is 0 Å². The molecule has 2 aromatic rings. The number of carbonyl (C=O) groups excluding carboxylic acids is 1. The molecule has 2 N–H and O–H groups in total. The van der Waals surface area contributed by atoms with Crippen LogP contribution in [0.15, 0.2) is 35.2 Å². The fourth-order valence-electron chi connectivity index (χ4n) is 2.46. The fourth-order valence-corrected chi connectivity index (χ4v) is 3.14. The van der Waals surface area contributed by atoms with Gasteiger partial charge in [-0.1, -0.05) is 25.1 Å². The number of halogens is 3. The Balaban J connectivity index is 2.19. The Hall–Kier alpha value is -2.15. The number of urea groups is 1. The molecular formula is C15H11F3N2OS. The van der Waals surface area contributed by atoms with Crippen LogP contribution < -0.4 is 10.0 Å². The van der Waals surface area contributed by atoms with E-state index in [-0.39, 0.29) is 16.8 Å². The molecule has 7 heteroatoms. The maximum atomic E-state index is 14.3. The zero-order chi connectivity index (χ0) is 15.9. The molecule has 1 aliphatic heterocycles. The Morgan fingerprint density at radius 3 is 2.59 bits per heavy atom. The van der Waals surface area contributed by atoms with Gasteiger partial charge in [-0.3, -0.25) is 4.72 Å². The highest BCUT2D eigenvalue weighted by Crippen LogP contribution is 2.41. The van der Waals surface area contributed by atoms with Crippen LogP contribution in [-0.2, 0) is 0 Å². The van der Waals surface area contributed by atoms with Gasteiger partial charge < -0.3 is 5.32 Å². The topological polar surface area (TPSA) is 41.1 Å². The van der Waals surface area contributed by atoms with Crippen molar-refractivity contribution in [2.75, 3.05) is 5.32 Å². The standard InChI is InChI=1S/C15H11F3N2OS/c1-7(8-4-2-3-5-9(8)16)12-13(18)10(17)6-11-14(12)19-15(21)20-22-11/h2-7H,1H3,(H2,19,20,21). The minimum atomic E-state index is -1.09. The number of rotatable bonds is 2. The lowest BCUT2D eigenvalue weighted by molar-refractivity contribution is 0.257. The molecule has 2 aromatic carbocycles. The maximum absolute atomic E-state index is 14.3. The van der Waals surface area contributed by atoms with Gasteiger partial charge in [0.15, 0.2) is 11.6 Å². The summed E-state index contributed by atoms with van der Waals surface area (Å²) in [5.74, 6) is -3.40. The fraction of sp³-hybridized carbons (Fsp3) is 0.133. The predicted molar refractivity (Wildman–Crippen MR) is 78.3 cm³/mol. The number of hydrogen-bond acceptors (Lipinski definition) is 2. The van der Waals surface area contributed by atoms with Crippen molar-refractivity contribution < 1.29 is 18.0 Å². The van der Waals surface area contributed by atoms with Gasteiger partial charge in [-0.15, -0.1) is 0 Å². The van der Waals surface area contributed by atoms with E-state index < -0.39 is 29.4 Å². The van der Waals surface area contributed by atoms with Crippen LogP contribution in [-0.4, -0.2) is 6.03 Å². The average Bonchev–Trinajstić information content (AvgIpc) is 2.49. The summed E-state index contributed by atoms with van der Waals surface area (Å²) in [7, 11) is 0. The summed E-state index contributed by atoms with van der Waals surface area (Å²) in [5.41, 5.74) is 0.331. The Morgan fingerprint density at radius 1 is 1.14 bits per heavy atom. The molecule has 0 saturated carbocycles. The normalized spacial score (nSPS) is 14.8. The van der Waals surface area contributed by atoms with Gasteiger partial charge in [-0.05, 0) is 29.6 Å². The number of anilines is 1. The van der Waals surface area contributed by atoms with Crippen molar-refractivity contribution in [1.82, 2.24) is 4.72 Å². The molecule has 0 bridgehead atoms. The van der Waals surface area contributed by atoms with Gasteiger partial charge in [0, 0.05) is 11.5 Å². The lowest BCUT2D eigenvalue weighted by Gasteiger charge is -2.24. The third kappa shape index (κ3) is 2.41. The Bertz CT molecular complexity index is 767. The molecule has 1 heterocycles. The van der Waals surface area contributed by atoms with Crippen LogP contribution in [0.4, 0.5) is 23.7 Å². The van der Waals surface area contributed by atoms with Gasteiger partial charge in [-0.25, -0.2) is 18.0 Å². The SMILES string of the molecule is CC(c1ccccc1F)c1c(F)c(F)cc2c1NC(=O)NS2. The molecule has 22 heavy (non-hydrogen) atoms. The lowest BCUT2D eigenvalue weighted by Crippen LogP contribution is -2.29. The largest absolute Gasteiger partial charge is 0.329 e. The smallest absolute Gasteiger partial charge is 0.306 e.